The van der Waals surface area contributed by atoms with Crippen molar-refractivity contribution in [1.29, 1.82) is 0 Å². The molecule has 1 amide bonds. The molecule has 0 spiro atoms. The van der Waals surface area contributed by atoms with Gasteiger partial charge in [0.25, 0.3) is 0 Å². The van der Waals surface area contributed by atoms with Crippen LogP contribution in [0.2, 0.25) is 0 Å². The van der Waals surface area contributed by atoms with E-state index in [9.17, 15) is 26.7 Å². The molecule has 1 rings (SSSR count). The number of hydrogen-bond donors (Lipinski definition) is 1. The Morgan fingerprint density at radius 1 is 1.29 bits per heavy atom. The van der Waals surface area contributed by atoms with Crippen molar-refractivity contribution < 1.29 is 26.7 Å². The molecule has 1 N–H and O–H groups in total. The van der Waals surface area contributed by atoms with E-state index in [1.54, 1.807) is 0 Å². The Morgan fingerprint density at radius 2 is 1.88 bits per heavy atom. The summed E-state index contributed by atoms with van der Waals surface area (Å²) in [5.74, 6) is -7.74. The van der Waals surface area contributed by atoms with Crippen molar-refractivity contribution in [2.45, 2.75) is 19.3 Å². The van der Waals surface area contributed by atoms with Gasteiger partial charge in [-0.25, -0.2) is 13.2 Å². The van der Waals surface area contributed by atoms with Crippen LogP contribution in [0.15, 0.2) is 18.2 Å². The zero-order chi connectivity index (χ0) is 13.2. The number of carbonyl (C=O) groups is 1. The summed E-state index contributed by atoms with van der Waals surface area (Å²) in [5.41, 5.74) is 0.0634. The average molecular weight is 253 g/mol. The van der Waals surface area contributed by atoms with Crippen molar-refractivity contribution in [2.24, 2.45) is 0 Å². The molecule has 0 saturated carbocycles. The number of carbonyl (C=O) groups excluding carboxylic acids is 1. The molecule has 2 nitrogen and oxygen atoms in total. The Kier molecular flexibility index (Phi) is 3.69. The number of benzene rings is 1. The second-order valence-electron chi connectivity index (χ2n) is 3.40. The zero-order valence-corrected chi connectivity index (χ0v) is 8.61. The molecule has 1 aromatic rings. The molecular weight excluding hydrogens is 245 g/mol. The molecule has 0 aliphatic rings. The van der Waals surface area contributed by atoms with Crippen molar-refractivity contribution >= 4 is 11.6 Å². The van der Waals surface area contributed by atoms with Gasteiger partial charge in [-0.15, -0.1) is 0 Å². The monoisotopic (exact) mass is 253 g/mol. The molecule has 0 saturated heterocycles. The summed E-state index contributed by atoms with van der Waals surface area (Å²) in [6, 6.07) is 3.04. The Morgan fingerprint density at radius 3 is 2.35 bits per heavy atom. The minimum Gasteiger partial charge on any atom is -0.321 e. The number of alkyl halides is 4. The maximum Gasteiger partial charge on any atom is 0.383 e. The minimum atomic E-state index is -4.81. The third kappa shape index (κ3) is 3.15. The molecule has 17 heavy (non-hydrogen) atoms. The fraction of sp³-hybridized carbons (Fsp3) is 0.300. The van der Waals surface area contributed by atoms with E-state index in [4.69, 9.17) is 0 Å². The summed E-state index contributed by atoms with van der Waals surface area (Å²) in [7, 11) is 0. The van der Waals surface area contributed by atoms with Crippen LogP contribution in [-0.2, 0) is 4.79 Å². The number of hydrogen-bond acceptors (Lipinski definition) is 1. The number of nitrogens with one attached hydrogen (secondary N) is 1. The Hall–Kier alpha value is -1.66. The molecule has 0 radical (unpaired) electrons. The third-order valence-corrected chi connectivity index (χ3v) is 1.88. The molecule has 0 atom stereocenters. The van der Waals surface area contributed by atoms with E-state index in [1.807, 2.05) is 0 Å². The van der Waals surface area contributed by atoms with Crippen molar-refractivity contribution in [3.05, 3.63) is 29.6 Å². The highest BCUT2D eigenvalue weighted by molar-refractivity contribution is 5.96. The van der Waals surface area contributed by atoms with Crippen LogP contribution in [0.5, 0.6) is 0 Å². The molecule has 0 fully saturated rings. The standard InChI is InChI=1S/C10H8F5NO/c1-5-2-6(11)4-7(3-5)16-9(17)10(14,15)8(12)13/h2-4,8H,1H3,(H,16,17). The van der Waals surface area contributed by atoms with Gasteiger partial charge in [-0.2, -0.15) is 8.78 Å². The van der Waals surface area contributed by atoms with Crippen LogP contribution < -0.4 is 5.32 Å². The van der Waals surface area contributed by atoms with Crippen LogP contribution in [0.25, 0.3) is 0 Å². The van der Waals surface area contributed by atoms with E-state index in [0.717, 1.165) is 12.1 Å². The smallest absolute Gasteiger partial charge is 0.321 e. The highest BCUT2D eigenvalue weighted by Gasteiger charge is 2.48. The Labute approximate surface area is 93.4 Å². The summed E-state index contributed by atoms with van der Waals surface area (Å²) in [5, 5.41) is 1.54. The summed E-state index contributed by atoms with van der Waals surface area (Å²) in [6.07, 6.45) is -4.11. The van der Waals surface area contributed by atoms with E-state index in [2.05, 4.69) is 0 Å². The number of rotatable bonds is 3. The van der Waals surface area contributed by atoms with Crippen molar-refractivity contribution in [2.75, 3.05) is 5.32 Å². The zero-order valence-electron chi connectivity index (χ0n) is 8.61. The Bertz CT molecular complexity index is 412. The molecule has 0 unspecified atom stereocenters. The molecule has 1 aromatic carbocycles. The summed E-state index contributed by atoms with van der Waals surface area (Å²) < 4.78 is 61.7. The first kappa shape index (κ1) is 13.4. The van der Waals surface area contributed by atoms with Gasteiger partial charge in [0.05, 0.1) is 0 Å². The van der Waals surface area contributed by atoms with Crippen LogP contribution in [0.4, 0.5) is 27.6 Å². The molecular formula is C10H8F5NO. The number of amides is 1. The normalized spacial score (nSPS) is 11.7. The second kappa shape index (κ2) is 4.68. The molecule has 0 aliphatic carbocycles. The lowest BCUT2D eigenvalue weighted by Crippen LogP contribution is -2.41. The van der Waals surface area contributed by atoms with Crippen molar-refractivity contribution in [1.82, 2.24) is 0 Å². The summed E-state index contributed by atoms with van der Waals surface area (Å²) >= 11 is 0. The fourth-order valence-electron chi connectivity index (χ4n) is 1.12. The van der Waals surface area contributed by atoms with Gasteiger partial charge in [-0.3, -0.25) is 4.79 Å². The molecule has 0 aromatic heterocycles. The minimum absolute atomic E-state index is 0.298. The van der Waals surface area contributed by atoms with Gasteiger partial charge in [-0.1, -0.05) is 0 Å². The van der Waals surface area contributed by atoms with Crippen LogP contribution in [0, 0.1) is 12.7 Å². The first-order valence-corrected chi connectivity index (χ1v) is 4.48. The Balaban J connectivity index is 2.88. The summed E-state index contributed by atoms with van der Waals surface area (Å²) in [6.45, 7) is 1.46. The number of halogens is 5. The average Bonchev–Trinajstić information content (AvgIpc) is 2.15. The van der Waals surface area contributed by atoms with Crippen LogP contribution in [0.3, 0.4) is 0 Å². The predicted molar refractivity (Wildman–Crippen MR) is 50.7 cm³/mol. The topological polar surface area (TPSA) is 29.1 Å². The van der Waals surface area contributed by atoms with E-state index in [1.165, 1.54) is 18.3 Å². The molecule has 94 valence electrons. The molecule has 0 aliphatic heterocycles. The third-order valence-electron chi connectivity index (χ3n) is 1.88. The highest BCUT2D eigenvalue weighted by Crippen LogP contribution is 2.25. The van der Waals surface area contributed by atoms with Gasteiger partial charge in [-0.05, 0) is 30.7 Å². The number of anilines is 1. The van der Waals surface area contributed by atoms with Crippen LogP contribution in [-0.4, -0.2) is 18.3 Å². The summed E-state index contributed by atoms with van der Waals surface area (Å²) in [4.78, 5) is 10.8. The first-order chi connectivity index (χ1) is 7.73. The number of aryl methyl sites for hydroxylation is 1. The first-order valence-electron chi connectivity index (χ1n) is 4.48. The van der Waals surface area contributed by atoms with Gasteiger partial charge in [0.2, 0.25) is 0 Å². The van der Waals surface area contributed by atoms with Gasteiger partial charge in [0.1, 0.15) is 5.82 Å². The van der Waals surface area contributed by atoms with Gasteiger partial charge in [0.15, 0.2) is 0 Å². The SMILES string of the molecule is Cc1cc(F)cc(NC(=O)C(F)(F)C(F)F)c1. The van der Waals surface area contributed by atoms with E-state index < -0.39 is 24.1 Å². The second-order valence-corrected chi connectivity index (χ2v) is 3.40. The molecule has 0 bridgehead atoms. The fourth-order valence-corrected chi connectivity index (χ4v) is 1.12. The molecule has 0 heterocycles. The van der Waals surface area contributed by atoms with Crippen LogP contribution >= 0.6 is 0 Å². The van der Waals surface area contributed by atoms with Crippen molar-refractivity contribution in [3.63, 3.8) is 0 Å². The van der Waals surface area contributed by atoms with Gasteiger partial charge < -0.3 is 5.32 Å². The van der Waals surface area contributed by atoms with E-state index in [-0.39, 0.29) is 5.69 Å². The van der Waals surface area contributed by atoms with E-state index in [0.29, 0.717) is 5.56 Å². The maximum absolute atomic E-state index is 12.8. The largest absolute Gasteiger partial charge is 0.383 e. The van der Waals surface area contributed by atoms with Crippen molar-refractivity contribution in [3.8, 4) is 0 Å². The van der Waals surface area contributed by atoms with Gasteiger partial charge >= 0.3 is 18.3 Å². The highest BCUT2D eigenvalue weighted by atomic mass is 19.3. The van der Waals surface area contributed by atoms with Gasteiger partial charge in [0, 0.05) is 5.69 Å². The lowest BCUT2D eigenvalue weighted by Gasteiger charge is -2.15. The quantitative estimate of drug-likeness (QED) is 0.824. The lowest BCUT2D eigenvalue weighted by molar-refractivity contribution is -0.163. The van der Waals surface area contributed by atoms with E-state index >= 15 is 0 Å². The molecule has 7 heteroatoms. The predicted octanol–water partition coefficient (Wildman–Crippen LogP) is 2.97. The maximum atomic E-state index is 12.8. The van der Waals surface area contributed by atoms with Crippen LogP contribution in [0.1, 0.15) is 5.56 Å². The lowest BCUT2D eigenvalue weighted by atomic mass is 10.2.